The number of hydrogen-bond acceptors (Lipinski definition) is 4. The van der Waals surface area contributed by atoms with Crippen LogP contribution in [0.3, 0.4) is 0 Å². The number of nitrogens with zero attached hydrogens (tertiary/aromatic N) is 2. The van der Waals surface area contributed by atoms with Crippen LogP contribution in [-0.4, -0.2) is 34.8 Å². The van der Waals surface area contributed by atoms with E-state index in [9.17, 15) is 14.0 Å². The van der Waals surface area contributed by atoms with Crippen LogP contribution in [0, 0.1) is 5.82 Å². The lowest BCUT2D eigenvalue weighted by molar-refractivity contribution is -0.124. The van der Waals surface area contributed by atoms with Crippen molar-refractivity contribution in [1.29, 1.82) is 0 Å². The molecule has 0 aliphatic heterocycles. The number of benzene rings is 1. The van der Waals surface area contributed by atoms with Gasteiger partial charge in [0.05, 0.1) is 5.69 Å². The molecule has 0 fully saturated rings. The predicted octanol–water partition coefficient (Wildman–Crippen LogP) is 1.96. The molecule has 1 amide bonds. The molecule has 0 saturated heterocycles. The van der Waals surface area contributed by atoms with Crippen LogP contribution in [0.1, 0.15) is 28.2 Å². The number of hydrogen-bond donors (Lipinski definition) is 1. The van der Waals surface area contributed by atoms with Crippen LogP contribution in [0.4, 0.5) is 4.39 Å². The highest BCUT2D eigenvalue weighted by atomic mass is 19.1. The van der Waals surface area contributed by atoms with Crippen molar-refractivity contribution in [2.24, 2.45) is 0 Å². The highest BCUT2D eigenvalue weighted by Gasteiger charge is 2.28. The minimum atomic E-state index is -0.632. The fraction of sp³-hybridized carbons (Fsp3) is 0.278. The highest BCUT2D eigenvalue weighted by molar-refractivity contribution is 5.91. The number of halogens is 1. The standard InChI is InChI=1S/C18H18FN3O3/c1-2-10-20-16(23)11-25-18(24)17-14-4-3-5-15(14)22(21-17)13-8-6-12(19)7-9-13/h2,6-9H,1,3-5,10-11H2,(H,20,23). The number of carbonyl (C=O) groups is 2. The van der Waals surface area contributed by atoms with Crippen molar-refractivity contribution in [2.75, 3.05) is 13.2 Å². The van der Waals surface area contributed by atoms with Gasteiger partial charge in [0.25, 0.3) is 5.91 Å². The van der Waals surface area contributed by atoms with Gasteiger partial charge >= 0.3 is 5.97 Å². The van der Waals surface area contributed by atoms with Gasteiger partial charge in [-0.25, -0.2) is 13.9 Å². The first kappa shape index (κ1) is 16.9. The molecule has 1 N–H and O–H groups in total. The molecular formula is C18H18FN3O3. The van der Waals surface area contributed by atoms with Gasteiger partial charge in [-0.2, -0.15) is 5.10 Å². The summed E-state index contributed by atoms with van der Waals surface area (Å²) in [6.07, 6.45) is 3.96. The molecule has 1 heterocycles. The zero-order valence-corrected chi connectivity index (χ0v) is 13.6. The van der Waals surface area contributed by atoms with Crippen molar-refractivity contribution in [1.82, 2.24) is 15.1 Å². The molecule has 1 aliphatic rings. The van der Waals surface area contributed by atoms with Crippen LogP contribution in [0.5, 0.6) is 0 Å². The molecule has 7 heteroatoms. The molecule has 1 aromatic carbocycles. The van der Waals surface area contributed by atoms with Crippen molar-refractivity contribution in [3.05, 3.63) is 59.7 Å². The number of carbonyl (C=O) groups excluding carboxylic acids is 2. The van der Waals surface area contributed by atoms with Crippen LogP contribution in [0.15, 0.2) is 36.9 Å². The molecule has 1 aliphatic carbocycles. The van der Waals surface area contributed by atoms with Gasteiger partial charge in [0.2, 0.25) is 0 Å². The second-order valence-electron chi connectivity index (χ2n) is 5.68. The quantitative estimate of drug-likeness (QED) is 0.643. The summed E-state index contributed by atoms with van der Waals surface area (Å²) in [6, 6.07) is 5.91. The monoisotopic (exact) mass is 343 g/mol. The van der Waals surface area contributed by atoms with Crippen molar-refractivity contribution in [3.8, 4) is 5.69 Å². The Bertz CT molecular complexity index is 812. The topological polar surface area (TPSA) is 73.2 Å². The van der Waals surface area contributed by atoms with E-state index in [1.165, 1.54) is 18.2 Å². The van der Waals surface area contributed by atoms with Gasteiger partial charge in [-0.15, -0.1) is 6.58 Å². The van der Waals surface area contributed by atoms with E-state index in [1.807, 2.05) is 0 Å². The summed E-state index contributed by atoms with van der Waals surface area (Å²) in [5.41, 5.74) is 2.66. The van der Waals surface area contributed by atoms with E-state index in [0.29, 0.717) is 12.2 Å². The van der Waals surface area contributed by atoms with Gasteiger partial charge in [-0.3, -0.25) is 4.79 Å². The first-order chi connectivity index (χ1) is 12.1. The number of ether oxygens (including phenoxy) is 1. The Kier molecular flexibility index (Phi) is 4.92. The third-order valence-electron chi connectivity index (χ3n) is 3.97. The molecular weight excluding hydrogens is 325 g/mol. The largest absolute Gasteiger partial charge is 0.451 e. The normalized spacial score (nSPS) is 12.5. The number of fused-ring (bicyclic) bond motifs is 1. The zero-order valence-electron chi connectivity index (χ0n) is 13.6. The Morgan fingerprint density at radius 3 is 2.80 bits per heavy atom. The summed E-state index contributed by atoms with van der Waals surface area (Å²) < 4.78 is 19.8. The van der Waals surface area contributed by atoms with E-state index in [1.54, 1.807) is 16.8 Å². The minimum absolute atomic E-state index is 0.216. The second-order valence-corrected chi connectivity index (χ2v) is 5.68. The third-order valence-corrected chi connectivity index (χ3v) is 3.97. The van der Waals surface area contributed by atoms with E-state index >= 15 is 0 Å². The molecule has 0 saturated carbocycles. The Balaban J connectivity index is 1.79. The summed E-state index contributed by atoms with van der Waals surface area (Å²) in [4.78, 5) is 23.9. The Morgan fingerprint density at radius 1 is 1.32 bits per heavy atom. The molecule has 0 spiro atoms. The maximum absolute atomic E-state index is 13.1. The summed E-state index contributed by atoms with van der Waals surface area (Å²) in [7, 11) is 0. The van der Waals surface area contributed by atoms with E-state index < -0.39 is 11.9 Å². The maximum Gasteiger partial charge on any atom is 0.359 e. The van der Waals surface area contributed by atoms with Gasteiger partial charge in [-0.1, -0.05) is 6.08 Å². The molecule has 130 valence electrons. The minimum Gasteiger partial charge on any atom is -0.451 e. The molecule has 2 aromatic rings. The molecule has 0 radical (unpaired) electrons. The van der Waals surface area contributed by atoms with Gasteiger partial charge < -0.3 is 10.1 Å². The fourth-order valence-electron chi connectivity index (χ4n) is 2.83. The average Bonchev–Trinajstić information content (AvgIpc) is 3.21. The van der Waals surface area contributed by atoms with Gasteiger partial charge in [0.15, 0.2) is 12.3 Å². The lowest BCUT2D eigenvalue weighted by Crippen LogP contribution is -2.29. The van der Waals surface area contributed by atoms with Gasteiger partial charge in [0, 0.05) is 17.8 Å². The first-order valence-corrected chi connectivity index (χ1v) is 8.01. The van der Waals surface area contributed by atoms with E-state index in [2.05, 4.69) is 17.0 Å². The lowest BCUT2D eigenvalue weighted by Gasteiger charge is -2.05. The van der Waals surface area contributed by atoms with Crippen LogP contribution < -0.4 is 5.32 Å². The number of amides is 1. The number of esters is 1. The van der Waals surface area contributed by atoms with Crippen molar-refractivity contribution >= 4 is 11.9 Å². The fourth-order valence-corrected chi connectivity index (χ4v) is 2.83. The summed E-state index contributed by atoms with van der Waals surface area (Å²) in [5.74, 6) is -1.37. The van der Waals surface area contributed by atoms with Crippen LogP contribution in [0.2, 0.25) is 0 Å². The Morgan fingerprint density at radius 2 is 2.08 bits per heavy atom. The molecule has 1 aromatic heterocycles. The molecule has 0 bridgehead atoms. The van der Waals surface area contributed by atoms with Crippen molar-refractivity contribution < 1.29 is 18.7 Å². The van der Waals surface area contributed by atoms with E-state index in [4.69, 9.17) is 4.74 Å². The zero-order chi connectivity index (χ0) is 17.8. The Hall–Kier alpha value is -2.96. The smallest absolute Gasteiger partial charge is 0.359 e. The maximum atomic E-state index is 13.1. The predicted molar refractivity (Wildman–Crippen MR) is 89.0 cm³/mol. The van der Waals surface area contributed by atoms with Crippen LogP contribution in [0.25, 0.3) is 5.69 Å². The molecule has 0 atom stereocenters. The molecule has 25 heavy (non-hydrogen) atoms. The molecule has 0 unspecified atom stereocenters. The molecule has 3 rings (SSSR count). The first-order valence-electron chi connectivity index (χ1n) is 8.01. The van der Waals surface area contributed by atoms with Gasteiger partial charge in [0.1, 0.15) is 5.82 Å². The third kappa shape index (κ3) is 3.60. The number of aromatic nitrogens is 2. The lowest BCUT2D eigenvalue weighted by atomic mass is 10.2. The second kappa shape index (κ2) is 7.29. The molecule has 6 nitrogen and oxygen atoms in total. The van der Waals surface area contributed by atoms with Crippen LogP contribution >= 0.6 is 0 Å². The summed E-state index contributed by atoms with van der Waals surface area (Å²) in [5, 5.41) is 6.88. The van der Waals surface area contributed by atoms with Gasteiger partial charge in [-0.05, 0) is 43.5 Å². The Labute approximate surface area is 144 Å². The SMILES string of the molecule is C=CCNC(=O)COC(=O)c1nn(-c2ccc(F)cc2)c2c1CCC2. The van der Waals surface area contributed by atoms with Crippen LogP contribution in [-0.2, 0) is 22.4 Å². The highest BCUT2D eigenvalue weighted by Crippen LogP contribution is 2.28. The van der Waals surface area contributed by atoms with Crippen molar-refractivity contribution in [3.63, 3.8) is 0 Å². The summed E-state index contributed by atoms with van der Waals surface area (Å²) in [6.45, 7) is 3.43. The van der Waals surface area contributed by atoms with E-state index in [-0.39, 0.29) is 18.1 Å². The average molecular weight is 343 g/mol. The summed E-state index contributed by atoms with van der Waals surface area (Å²) >= 11 is 0. The number of nitrogens with one attached hydrogen (secondary N) is 1. The van der Waals surface area contributed by atoms with E-state index in [0.717, 1.165) is 30.5 Å². The number of rotatable bonds is 6. The van der Waals surface area contributed by atoms with Crippen molar-refractivity contribution in [2.45, 2.75) is 19.3 Å².